The van der Waals surface area contributed by atoms with Crippen LogP contribution in [0, 0.1) is 0 Å². The van der Waals surface area contributed by atoms with Crippen LogP contribution in [-0.4, -0.2) is 50.3 Å². The predicted octanol–water partition coefficient (Wildman–Crippen LogP) is 3.35. The van der Waals surface area contributed by atoms with Gasteiger partial charge in [0.2, 0.25) is 0 Å². The van der Waals surface area contributed by atoms with Crippen LogP contribution in [-0.2, 0) is 10.4 Å². The zero-order valence-electron chi connectivity index (χ0n) is 19.2. The summed E-state index contributed by atoms with van der Waals surface area (Å²) in [6, 6.07) is 19.0. The molecule has 2 aliphatic heterocycles. The Kier molecular flexibility index (Phi) is 6.05. The summed E-state index contributed by atoms with van der Waals surface area (Å²) in [5, 5.41) is 11.5. The fourth-order valence-electron chi connectivity index (χ4n) is 4.44. The maximum absolute atomic E-state index is 13.4. The molecule has 3 aromatic rings. The molecule has 0 saturated carbocycles. The van der Waals surface area contributed by atoms with E-state index >= 15 is 0 Å². The van der Waals surface area contributed by atoms with Crippen molar-refractivity contribution in [1.82, 2.24) is 0 Å². The second kappa shape index (κ2) is 9.31. The normalized spacial score (nSPS) is 18.2. The topological polar surface area (TPSA) is 94.5 Å². The van der Waals surface area contributed by atoms with E-state index in [0.29, 0.717) is 53.0 Å². The minimum absolute atomic E-state index is 0.173. The van der Waals surface area contributed by atoms with Crippen molar-refractivity contribution in [2.24, 2.45) is 0 Å². The summed E-state index contributed by atoms with van der Waals surface area (Å²) in [4.78, 5) is 28.1. The fraction of sp³-hybridized carbons (Fsp3) is 0.259. The van der Waals surface area contributed by atoms with E-state index in [9.17, 15) is 14.7 Å². The summed E-state index contributed by atoms with van der Waals surface area (Å²) in [5.74, 6) is 1.24. The van der Waals surface area contributed by atoms with Gasteiger partial charge in [0.05, 0.1) is 25.8 Å². The third-order valence-electron chi connectivity index (χ3n) is 6.16. The third kappa shape index (κ3) is 4.17. The van der Waals surface area contributed by atoms with Gasteiger partial charge in [-0.15, -0.1) is 0 Å². The number of hydrogen-bond donors (Lipinski definition) is 1. The van der Waals surface area contributed by atoms with Gasteiger partial charge in [-0.1, -0.05) is 30.3 Å². The molecule has 35 heavy (non-hydrogen) atoms. The first-order chi connectivity index (χ1) is 17.0. The molecule has 1 atom stereocenters. The molecular formula is C27H25NO7. The van der Waals surface area contributed by atoms with Gasteiger partial charge in [0.15, 0.2) is 34.4 Å². The van der Waals surface area contributed by atoms with E-state index in [-0.39, 0.29) is 18.9 Å². The van der Waals surface area contributed by atoms with Crippen molar-refractivity contribution >= 4 is 17.4 Å². The molecule has 0 saturated heterocycles. The third-order valence-corrected chi connectivity index (χ3v) is 6.16. The average molecular weight is 475 g/mol. The van der Waals surface area contributed by atoms with Gasteiger partial charge in [0, 0.05) is 11.1 Å². The van der Waals surface area contributed by atoms with E-state index in [2.05, 4.69) is 0 Å². The predicted molar refractivity (Wildman–Crippen MR) is 128 cm³/mol. The summed E-state index contributed by atoms with van der Waals surface area (Å²) in [7, 11) is 1.56. The van der Waals surface area contributed by atoms with Crippen molar-refractivity contribution < 1.29 is 33.6 Å². The molecule has 1 amide bonds. The average Bonchev–Trinajstić information content (AvgIpc) is 3.10. The van der Waals surface area contributed by atoms with Gasteiger partial charge < -0.3 is 29.0 Å². The second-order valence-corrected chi connectivity index (χ2v) is 8.29. The Morgan fingerprint density at radius 1 is 1.00 bits per heavy atom. The molecule has 0 radical (unpaired) electrons. The summed E-state index contributed by atoms with van der Waals surface area (Å²) < 4.78 is 22.2. The van der Waals surface area contributed by atoms with Gasteiger partial charge in [0.25, 0.3) is 5.91 Å². The van der Waals surface area contributed by atoms with Crippen molar-refractivity contribution in [1.29, 1.82) is 0 Å². The molecule has 3 aromatic carbocycles. The maximum atomic E-state index is 13.4. The number of para-hydroxylation sites is 3. The Labute approximate surface area is 202 Å². The minimum Gasteiger partial charge on any atom is -0.493 e. The molecule has 0 spiro atoms. The quantitative estimate of drug-likeness (QED) is 0.499. The number of methoxy groups -OCH3 is 1. The first-order valence-electron chi connectivity index (χ1n) is 11.3. The largest absolute Gasteiger partial charge is 0.493 e. The lowest BCUT2D eigenvalue weighted by Gasteiger charge is -2.23. The lowest BCUT2D eigenvalue weighted by atomic mass is 9.88. The summed E-state index contributed by atoms with van der Waals surface area (Å²) >= 11 is 0. The van der Waals surface area contributed by atoms with E-state index in [1.807, 2.05) is 12.1 Å². The molecule has 0 aliphatic carbocycles. The van der Waals surface area contributed by atoms with Gasteiger partial charge in [-0.05, 0) is 36.4 Å². The van der Waals surface area contributed by atoms with Crippen LogP contribution in [0.1, 0.15) is 22.3 Å². The first kappa shape index (κ1) is 22.7. The van der Waals surface area contributed by atoms with Crippen LogP contribution in [0.2, 0.25) is 0 Å². The number of anilines is 1. The zero-order chi connectivity index (χ0) is 24.4. The number of Topliss-reactive ketones (excluding diaryl/α,β-unsaturated/α-hetero) is 1. The number of rotatable bonds is 8. The van der Waals surface area contributed by atoms with Crippen LogP contribution in [0.15, 0.2) is 66.7 Å². The number of carbonyl (C=O) groups excluding carboxylic acids is 2. The number of aliphatic hydroxyl groups is 1. The molecule has 8 nitrogen and oxygen atoms in total. The van der Waals surface area contributed by atoms with Crippen LogP contribution >= 0.6 is 0 Å². The smallest absolute Gasteiger partial charge is 0.264 e. The standard InChI is InChI=1S/C27H25NO7/c1-32-22-8-4-5-9-23(22)33-13-12-28-20-7-3-2-6-19(20)27(31,26(28)30)17-21(29)18-10-11-24-25(16-18)35-15-14-34-24/h2-11,16,31H,12-15,17H2,1H3. The van der Waals surface area contributed by atoms with Crippen molar-refractivity contribution in [3.8, 4) is 23.0 Å². The summed E-state index contributed by atoms with van der Waals surface area (Å²) in [6.45, 7) is 1.20. The van der Waals surface area contributed by atoms with Gasteiger partial charge in [0.1, 0.15) is 19.8 Å². The van der Waals surface area contributed by atoms with Crippen LogP contribution in [0.25, 0.3) is 0 Å². The highest BCUT2D eigenvalue weighted by atomic mass is 16.6. The van der Waals surface area contributed by atoms with Gasteiger partial charge >= 0.3 is 0 Å². The molecule has 0 aromatic heterocycles. The van der Waals surface area contributed by atoms with Gasteiger partial charge in [-0.2, -0.15) is 0 Å². The molecule has 0 bridgehead atoms. The van der Waals surface area contributed by atoms with Crippen LogP contribution < -0.4 is 23.8 Å². The van der Waals surface area contributed by atoms with E-state index < -0.39 is 17.9 Å². The van der Waals surface area contributed by atoms with Crippen LogP contribution in [0.5, 0.6) is 23.0 Å². The van der Waals surface area contributed by atoms with E-state index in [1.54, 1.807) is 61.7 Å². The molecule has 0 fully saturated rings. The lowest BCUT2D eigenvalue weighted by Crippen LogP contribution is -2.43. The Morgan fingerprint density at radius 2 is 1.71 bits per heavy atom. The molecule has 1 unspecified atom stereocenters. The summed E-state index contributed by atoms with van der Waals surface area (Å²) in [5.41, 5.74) is -0.691. The number of carbonyl (C=O) groups is 2. The molecule has 1 N–H and O–H groups in total. The summed E-state index contributed by atoms with van der Waals surface area (Å²) in [6.07, 6.45) is -0.396. The van der Waals surface area contributed by atoms with Crippen molar-refractivity contribution in [2.45, 2.75) is 12.0 Å². The highest BCUT2D eigenvalue weighted by Gasteiger charge is 2.50. The number of hydrogen-bond acceptors (Lipinski definition) is 7. The Hall–Kier alpha value is -4.04. The first-order valence-corrected chi connectivity index (χ1v) is 11.3. The maximum Gasteiger partial charge on any atom is 0.264 e. The number of ether oxygens (including phenoxy) is 4. The molecule has 2 aliphatic rings. The Balaban J connectivity index is 1.35. The molecule has 8 heteroatoms. The van der Waals surface area contributed by atoms with E-state index in [0.717, 1.165) is 0 Å². The molecule has 5 rings (SSSR count). The monoisotopic (exact) mass is 475 g/mol. The van der Waals surface area contributed by atoms with Crippen molar-refractivity contribution in [2.75, 3.05) is 38.4 Å². The minimum atomic E-state index is -1.98. The van der Waals surface area contributed by atoms with E-state index in [4.69, 9.17) is 18.9 Å². The van der Waals surface area contributed by atoms with Crippen LogP contribution in [0.3, 0.4) is 0 Å². The zero-order valence-corrected chi connectivity index (χ0v) is 19.2. The molecule has 180 valence electrons. The Morgan fingerprint density at radius 3 is 2.51 bits per heavy atom. The van der Waals surface area contributed by atoms with Gasteiger partial charge in [-0.3, -0.25) is 9.59 Å². The van der Waals surface area contributed by atoms with Crippen LogP contribution in [0.4, 0.5) is 5.69 Å². The number of nitrogens with zero attached hydrogens (tertiary/aromatic N) is 1. The highest BCUT2D eigenvalue weighted by Crippen LogP contribution is 2.43. The number of benzene rings is 3. The van der Waals surface area contributed by atoms with Crippen molar-refractivity contribution in [3.05, 3.63) is 77.9 Å². The van der Waals surface area contributed by atoms with Gasteiger partial charge in [-0.25, -0.2) is 0 Å². The second-order valence-electron chi connectivity index (χ2n) is 8.29. The Bertz CT molecular complexity index is 1270. The number of ketones is 1. The van der Waals surface area contributed by atoms with E-state index in [1.165, 1.54) is 4.90 Å². The SMILES string of the molecule is COc1ccccc1OCCN1C(=O)C(O)(CC(=O)c2ccc3c(c2)OCCO3)c2ccccc21. The van der Waals surface area contributed by atoms with Crippen molar-refractivity contribution in [3.63, 3.8) is 0 Å². The number of amides is 1. The lowest BCUT2D eigenvalue weighted by molar-refractivity contribution is -0.135. The highest BCUT2D eigenvalue weighted by molar-refractivity contribution is 6.10. The number of fused-ring (bicyclic) bond motifs is 2. The fourth-order valence-corrected chi connectivity index (χ4v) is 4.44. The molecule has 2 heterocycles. The molecular weight excluding hydrogens is 450 g/mol.